The number of nitrogens with two attached hydrogens (primary N) is 1. The Kier molecular flexibility index (Phi) is 5.55. The molecule has 0 spiro atoms. The first-order valence-corrected chi connectivity index (χ1v) is 8.61. The number of anilines is 1. The Morgan fingerprint density at radius 1 is 1.28 bits per heavy atom. The van der Waals surface area contributed by atoms with E-state index in [-0.39, 0.29) is 18.0 Å². The maximum Gasteiger partial charge on any atom is 0.255 e. The van der Waals surface area contributed by atoms with Gasteiger partial charge in [0.05, 0.1) is 11.7 Å². The Bertz CT molecular complexity index is 720. The molecule has 3 heterocycles. The molecule has 0 aromatic carbocycles. The summed E-state index contributed by atoms with van der Waals surface area (Å²) in [5, 5.41) is 0. The molecule has 2 aromatic heterocycles. The molecule has 1 saturated heterocycles. The lowest BCUT2D eigenvalue weighted by Gasteiger charge is -2.32. The van der Waals surface area contributed by atoms with E-state index in [0.29, 0.717) is 12.1 Å². The highest BCUT2D eigenvalue weighted by molar-refractivity contribution is 5.95. The zero-order chi connectivity index (χ0) is 17.6. The van der Waals surface area contributed by atoms with Gasteiger partial charge in [-0.1, -0.05) is 6.92 Å². The van der Waals surface area contributed by atoms with Crippen molar-refractivity contribution in [2.24, 2.45) is 0 Å². The van der Waals surface area contributed by atoms with Crippen molar-refractivity contribution in [2.75, 3.05) is 25.4 Å². The van der Waals surface area contributed by atoms with Crippen molar-refractivity contribution in [3.63, 3.8) is 0 Å². The molecule has 1 fully saturated rings. The smallest absolute Gasteiger partial charge is 0.255 e. The molecule has 2 N–H and O–H groups in total. The number of hydrogen-bond donors (Lipinski definition) is 1. The number of ether oxygens (including phenoxy) is 1. The summed E-state index contributed by atoms with van der Waals surface area (Å²) in [4.78, 5) is 26.9. The summed E-state index contributed by atoms with van der Waals surface area (Å²) in [5.74, 6) is 0.200. The van der Waals surface area contributed by atoms with Crippen LogP contribution in [0.3, 0.4) is 0 Å². The topological polar surface area (TPSA) is 94.2 Å². The fourth-order valence-corrected chi connectivity index (χ4v) is 2.93. The zero-order valence-electron chi connectivity index (χ0n) is 14.4. The Labute approximate surface area is 147 Å². The molecule has 1 atom stereocenters. The summed E-state index contributed by atoms with van der Waals surface area (Å²) in [5.41, 5.74) is 7.65. The van der Waals surface area contributed by atoms with E-state index in [4.69, 9.17) is 10.5 Å². The summed E-state index contributed by atoms with van der Waals surface area (Å²) >= 11 is 0. The molecule has 0 aliphatic carbocycles. The van der Waals surface area contributed by atoms with Crippen LogP contribution in [-0.2, 0) is 4.74 Å². The third-order valence-electron chi connectivity index (χ3n) is 4.21. The van der Waals surface area contributed by atoms with Gasteiger partial charge in [-0.3, -0.25) is 9.78 Å². The number of piperidine rings is 1. The number of amides is 1. The fourth-order valence-electron chi connectivity index (χ4n) is 2.93. The molecule has 0 unspecified atom stereocenters. The average Bonchev–Trinajstić information content (AvgIpc) is 2.66. The van der Waals surface area contributed by atoms with Crippen LogP contribution in [0, 0.1) is 0 Å². The number of aromatic nitrogens is 3. The van der Waals surface area contributed by atoms with Gasteiger partial charge in [-0.15, -0.1) is 0 Å². The van der Waals surface area contributed by atoms with Gasteiger partial charge in [0, 0.05) is 55.6 Å². The first-order valence-electron chi connectivity index (χ1n) is 8.61. The lowest BCUT2D eigenvalue weighted by Crippen LogP contribution is -2.43. The predicted molar refractivity (Wildman–Crippen MR) is 94.8 cm³/mol. The highest BCUT2D eigenvalue weighted by atomic mass is 16.5. The number of hydrogen-bond acceptors (Lipinski definition) is 6. The molecule has 7 heteroatoms. The van der Waals surface area contributed by atoms with Crippen LogP contribution in [0.25, 0.3) is 11.1 Å². The van der Waals surface area contributed by atoms with E-state index in [0.717, 1.165) is 43.5 Å². The number of carbonyl (C=O) groups is 1. The molecular formula is C18H23N5O2. The number of rotatable bonds is 5. The molecule has 3 rings (SSSR count). The van der Waals surface area contributed by atoms with Gasteiger partial charge >= 0.3 is 0 Å². The monoisotopic (exact) mass is 341 g/mol. The van der Waals surface area contributed by atoms with Crippen LogP contribution in [0.5, 0.6) is 0 Å². The third-order valence-corrected chi connectivity index (χ3v) is 4.21. The van der Waals surface area contributed by atoms with Gasteiger partial charge in [-0.2, -0.15) is 0 Å². The number of nitrogen functional groups attached to an aromatic ring is 1. The highest BCUT2D eigenvalue weighted by Gasteiger charge is 2.25. The first kappa shape index (κ1) is 17.3. The van der Waals surface area contributed by atoms with E-state index >= 15 is 0 Å². The Morgan fingerprint density at radius 3 is 2.84 bits per heavy atom. The average molecular weight is 341 g/mol. The summed E-state index contributed by atoms with van der Waals surface area (Å²) in [7, 11) is 0. The second-order valence-corrected chi connectivity index (χ2v) is 6.18. The fraction of sp³-hybridized carbons (Fsp3) is 0.444. The van der Waals surface area contributed by atoms with Crippen molar-refractivity contribution in [3.05, 3.63) is 36.4 Å². The predicted octanol–water partition coefficient (Wildman–Crippen LogP) is 2.15. The number of likely N-dealkylation sites (tertiary alicyclic amines) is 1. The van der Waals surface area contributed by atoms with E-state index in [9.17, 15) is 4.79 Å². The van der Waals surface area contributed by atoms with Crippen LogP contribution in [0.15, 0.2) is 30.9 Å². The van der Waals surface area contributed by atoms with Crippen molar-refractivity contribution < 1.29 is 9.53 Å². The summed E-state index contributed by atoms with van der Waals surface area (Å²) < 4.78 is 5.81. The van der Waals surface area contributed by atoms with Crippen molar-refractivity contribution in [3.8, 4) is 11.1 Å². The summed E-state index contributed by atoms with van der Waals surface area (Å²) in [6, 6.07) is 1.82. The van der Waals surface area contributed by atoms with Crippen LogP contribution in [0.1, 0.15) is 36.5 Å². The maximum atomic E-state index is 12.8. The van der Waals surface area contributed by atoms with Gasteiger partial charge in [0.15, 0.2) is 0 Å². The maximum absolute atomic E-state index is 12.8. The van der Waals surface area contributed by atoms with Crippen molar-refractivity contribution in [2.45, 2.75) is 32.3 Å². The van der Waals surface area contributed by atoms with E-state index in [1.54, 1.807) is 24.8 Å². The molecule has 0 radical (unpaired) electrons. The highest BCUT2D eigenvalue weighted by Crippen LogP contribution is 2.21. The molecule has 1 aliphatic heterocycles. The minimum Gasteiger partial charge on any atom is -0.376 e. The largest absolute Gasteiger partial charge is 0.376 e. The molecule has 1 amide bonds. The van der Waals surface area contributed by atoms with Gasteiger partial charge in [0.2, 0.25) is 5.95 Å². The standard InChI is InChI=1S/C18H23N5O2/c1-2-6-25-16-4-3-5-23(12-16)17(24)14-7-13(8-20-9-14)15-10-21-18(19)22-11-15/h7-11,16H,2-6,12H2,1H3,(H2,19,21,22)/t16-/m1/s1. The molecule has 2 aromatic rings. The minimum absolute atomic E-state index is 0.0180. The number of pyridine rings is 1. The molecule has 132 valence electrons. The Morgan fingerprint density at radius 2 is 2.08 bits per heavy atom. The van der Waals surface area contributed by atoms with Crippen LogP contribution in [0.4, 0.5) is 5.95 Å². The molecule has 25 heavy (non-hydrogen) atoms. The van der Waals surface area contributed by atoms with Crippen LogP contribution >= 0.6 is 0 Å². The number of carbonyl (C=O) groups excluding carboxylic acids is 1. The van der Waals surface area contributed by atoms with E-state index in [1.165, 1.54) is 0 Å². The van der Waals surface area contributed by atoms with E-state index < -0.39 is 0 Å². The second kappa shape index (κ2) is 8.02. The van der Waals surface area contributed by atoms with Crippen molar-refractivity contribution >= 4 is 11.9 Å². The van der Waals surface area contributed by atoms with Crippen LogP contribution in [0.2, 0.25) is 0 Å². The van der Waals surface area contributed by atoms with E-state index in [2.05, 4.69) is 21.9 Å². The van der Waals surface area contributed by atoms with Gasteiger partial charge in [-0.05, 0) is 25.3 Å². The van der Waals surface area contributed by atoms with Gasteiger partial charge < -0.3 is 15.4 Å². The van der Waals surface area contributed by atoms with Crippen LogP contribution < -0.4 is 5.73 Å². The van der Waals surface area contributed by atoms with Gasteiger partial charge in [-0.25, -0.2) is 9.97 Å². The third kappa shape index (κ3) is 4.30. The molecule has 1 aliphatic rings. The van der Waals surface area contributed by atoms with Gasteiger partial charge in [0.25, 0.3) is 5.91 Å². The van der Waals surface area contributed by atoms with E-state index in [1.807, 2.05) is 11.0 Å². The molecule has 0 bridgehead atoms. The summed E-state index contributed by atoms with van der Waals surface area (Å²) in [6.45, 7) is 4.21. The van der Waals surface area contributed by atoms with Crippen LogP contribution in [-0.4, -0.2) is 51.6 Å². The Hall–Kier alpha value is -2.54. The first-order chi connectivity index (χ1) is 12.2. The Balaban J connectivity index is 1.73. The second-order valence-electron chi connectivity index (χ2n) is 6.18. The molecule has 7 nitrogen and oxygen atoms in total. The summed E-state index contributed by atoms with van der Waals surface area (Å²) in [6.07, 6.45) is 9.62. The quantitative estimate of drug-likeness (QED) is 0.895. The lowest BCUT2D eigenvalue weighted by atomic mass is 10.1. The molecule has 0 saturated carbocycles. The SMILES string of the molecule is CCCO[C@@H]1CCCN(C(=O)c2cncc(-c3cnc(N)nc3)c2)C1. The lowest BCUT2D eigenvalue weighted by molar-refractivity contribution is 0.00210. The van der Waals surface area contributed by atoms with Crippen molar-refractivity contribution in [1.82, 2.24) is 19.9 Å². The minimum atomic E-state index is -0.0180. The number of nitrogens with zero attached hydrogens (tertiary/aromatic N) is 4. The van der Waals surface area contributed by atoms with Gasteiger partial charge in [0.1, 0.15) is 0 Å². The molecular weight excluding hydrogens is 318 g/mol. The normalized spacial score (nSPS) is 17.5. The van der Waals surface area contributed by atoms with Crippen molar-refractivity contribution in [1.29, 1.82) is 0 Å². The zero-order valence-corrected chi connectivity index (χ0v) is 14.4.